The predicted molar refractivity (Wildman–Crippen MR) is 76.5 cm³/mol. The molecule has 21 heavy (non-hydrogen) atoms. The molecular formula is C17H15FeNO2+2. The zero-order chi connectivity index (χ0) is 14.0. The third-order valence-corrected chi connectivity index (χ3v) is 2.55. The Morgan fingerprint density at radius 1 is 1.00 bits per heavy atom. The molecule has 3 rings (SSSR count). The van der Waals surface area contributed by atoms with Crippen molar-refractivity contribution in [2.24, 2.45) is 0 Å². The Bertz CT molecular complexity index is 379. The second kappa shape index (κ2) is 10.8. The van der Waals surface area contributed by atoms with Gasteiger partial charge >= 0.3 is 23.0 Å². The van der Waals surface area contributed by atoms with Gasteiger partial charge in [-0.05, 0) is 69.9 Å². The van der Waals surface area contributed by atoms with Crippen molar-refractivity contribution in [1.82, 2.24) is 4.98 Å². The van der Waals surface area contributed by atoms with Crippen molar-refractivity contribution in [3.05, 3.63) is 93.8 Å². The SMILES string of the molecule is O=C(OC[C]1[CH][CH][CH][CH]1)c1cccnc1.[CH]1[CH][CH][CH][CH]1.[Fe+2]. The molecule has 4 heteroatoms. The van der Waals surface area contributed by atoms with Crippen LogP contribution >= 0.6 is 0 Å². The normalized spacial score (nSPS) is 17.5. The minimum absolute atomic E-state index is 0. The fourth-order valence-corrected chi connectivity index (χ4v) is 1.55. The van der Waals surface area contributed by atoms with E-state index >= 15 is 0 Å². The zero-order valence-corrected chi connectivity index (χ0v) is 12.4. The van der Waals surface area contributed by atoms with Crippen LogP contribution in [0.15, 0.2) is 24.5 Å². The molecule has 0 atom stereocenters. The average Bonchev–Trinajstić information content (AvgIpc) is 3.21. The van der Waals surface area contributed by atoms with Crippen LogP contribution in [-0.2, 0) is 21.8 Å². The molecule has 10 radical (unpaired) electrons. The van der Waals surface area contributed by atoms with Crippen molar-refractivity contribution in [2.75, 3.05) is 6.61 Å². The molecule has 0 amide bonds. The number of ether oxygens (including phenoxy) is 1. The number of nitrogens with zero attached hydrogens (tertiary/aromatic N) is 1. The summed E-state index contributed by atoms with van der Waals surface area (Å²) < 4.78 is 5.09. The molecule has 0 aliphatic heterocycles. The summed E-state index contributed by atoms with van der Waals surface area (Å²) in [4.78, 5) is 15.3. The van der Waals surface area contributed by atoms with Crippen LogP contribution < -0.4 is 0 Å². The third kappa shape index (κ3) is 7.10. The first-order chi connectivity index (χ1) is 9.86. The molecule has 3 nitrogen and oxygen atoms in total. The van der Waals surface area contributed by atoms with E-state index in [0.717, 1.165) is 5.92 Å². The third-order valence-electron chi connectivity index (χ3n) is 2.55. The Labute approximate surface area is 138 Å². The Hall–Kier alpha value is -0.861. The maximum Gasteiger partial charge on any atom is 2.00 e. The Kier molecular flexibility index (Phi) is 9.36. The molecule has 2 fully saturated rings. The van der Waals surface area contributed by atoms with E-state index in [1.807, 2.05) is 57.8 Å². The van der Waals surface area contributed by atoms with E-state index in [-0.39, 0.29) is 23.0 Å². The second-order valence-corrected chi connectivity index (χ2v) is 4.07. The van der Waals surface area contributed by atoms with Crippen molar-refractivity contribution >= 4 is 5.97 Å². The van der Waals surface area contributed by atoms with Gasteiger partial charge in [-0.2, -0.15) is 0 Å². The van der Waals surface area contributed by atoms with Crippen LogP contribution in [0.5, 0.6) is 0 Å². The van der Waals surface area contributed by atoms with Crippen LogP contribution in [0.4, 0.5) is 0 Å². The standard InChI is InChI=1S/C12H10NO2.C5H5.Fe/c14-12(11-6-3-7-13-8-11)15-9-10-4-1-2-5-10;1-2-4-5-3-1;/h1-8H,9H2;1-5H;/q;;+2. The van der Waals surface area contributed by atoms with Gasteiger partial charge in [0, 0.05) is 18.3 Å². The number of esters is 1. The van der Waals surface area contributed by atoms with Gasteiger partial charge < -0.3 is 4.74 Å². The van der Waals surface area contributed by atoms with Gasteiger partial charge in [-0.1, -0.05) is 0 Å². The molecule has 0 spiro atoms. The minimum atomic E-state index is -0.343. The molecule has 2 aliphatic carbocycles. The van der Waals surface area contributed by atoms with Gasteiger partial charge in [0.1, 0.15) is 0 Å². The molecule has 1 aromatic rings. The average molecular weight is 321 g/mol. The largest absolute Gasteiger partial charge is 2.00 e. The first-order valence-corrected chi connectivity index (χ1v) is 6.30. The van der Waals surface area contributed by atoms with Gasteiger partial charge in [-0.25, -0.2) is 4.79 Å². The number of pyridine rings is 1. The van der Waals surface area contributed by atoms with Gasteiger partial charge in [0.2, 0.25) is 0 Å². The van der Waals surface area contributed by atoms with Crippen molar-refractivity contribution < 1.29 is 26.6 Å². The maximum absolute atomic E-state index is 11.5. The summed E-state index contributed by atoms with van der Waals surface area (Å²) in [6, 6.07) is 3.39. The van der Waals surface area contributed by atoms with Gasteiger partial charge in [-0.3, -0.25) is 4.98 Å². The van der Waals surface area contributed by atoms with E-state index in [9.17, 15) is 4.79 Å². The summed E-state index contributed by atoms with van der Waals surface area (Å²) in [5.74, 6) is 0.650. The van der Waals surface area contributed by atoms with Gasteiger partial charge in [-0.15, -0.1) is 0 Å². The van der Waals surface area contributed by atoms with E-state index in [1.165, 1.54) is 6.20 Å². The van der Waals surface area contributed by atoms with E-state index in [1.54, 1.807) is 18.3 Å². The molecule has 2 aliphatic rings. The van der Waals surface area contributed by atoms with Crippen LogP contribution in [0.2, 0.25) is 0 Å². The van der Waals surface area contributed by atoms with Gasteiger partial charge in [0.25, 0.3) is 0 Å². The molecule has 106 valence electrons. The number of carbonyl (C=O) groups excluding carboxylic acids is 1. The van der Waals surface area contributed by atoms with Crippen LogP contribution in [0.1, 0.15) is 10.4 Å². The predicted octanol–water partition coefficient (Wildman–Crippen LogP) is 2.66. The topological polar surface area (TPSA) is 39.2 Å². The Balaban J connectivity index is 0.000000313. The van der Waals surface area contributed by atoms with Crippen molar-refractivity contribution in [2.45, 2.75) is 0 Å². The second-order valence-electron chi connectivity index (χ2n) is 4.07. The quantitative estimate of drug-likeness (QED) is 0.635. The maximum atomic E-state index is 11.5. The summed E-state index contributed by atoms with van der Waals surface area (Å²) in [6.07, 6.45) is 20.8. The summed E-state index contributed by atoms with van der Waals surface area (Å²) >= 11 is 0. The first kappa shape index (κ1) is 18.2. The molecule has 0 unspecified atom stereocenters. The fourth-order valence-electron chi connectivity index (χ4n) is 1.55. The Morgan fingerprint density at radius 2 is 1.62 bits per heavy atom. The van der Waals surface area contributed by atoms with Gasteiger partial charge in [0.15, 0.2) is 0 Å². The van der Waals surface area contributed by atoms with Gasteiger partial charge in [0.05, 0.1) is 12.2 Å². The summed E-state index contributed by atoms with van der Waals surface area (Å²) in [6.45, 7) is 0.306. The van der Waals surface area contributed by atoms with E-state index in [4.69, 9.17) is 4.74 Å². The first-order valence-electron chi connectivity index (χ1n) is 6.30. The molecular weight excluding hydrogens is 306 g/mol. The molecule has 0 N–H and O–H groups in total. The van der Waals surface area contributed by atoms with Crippen molar-refractivity contribution in [3.63, 3.8) is 0 Å². The smallest absolute Gasteiger partial charge is 0.461 e. The molecule has 0 saturated heterocycles. The van der Waals surface area contributed by atoms with Crippen molar-refractivity contribution in [1.29, 1.82) is 0 Å². The number of aromatic nitrogens is 1. The molecule has 1 heterocycles. The summed E-state index contributed by atoms with van der Waals surface area (Å²) in [5, 5.41) is 0. The molecule has 2 saturated carbocycles. The monoisotopic (exact) mass is 321 g/mol. The van der Waals surface area contributed by atoms with E-state index < -0.39 is 0 Å². The Morgan fingerprint density at radius 3 is 2.14 bits per heavy atom. The van der Waals surface area contributed by atoms with Crippen molar-refractivity contribution in [3.8, 4) is 0 Å². The number of rotatable bonds is 3. The number of hydrogen-bond donors (Lipinski definition) is 0. The number of hydrogen-bond acceptors (Lipinski definition) is 3. The van der Waals surface area contributed by atoms with E-state index in [0.29, 0.717) is 12.2 Å². The van der Waals surface area contributed by atoms with Crippen LogP contribution in [0, 0.1) is 63.7 Å². The van der Waals surface area contributed by atoms with Crippen LogP contribution in [0.25, 0.3) is 0 Å². The minimum Gasteiger partial charge on any atom is -0.461 e. The number of carbonyl (C=O) groups is 1. The van der Waals surface area contributed by atoms with Crippen LogP contribution in [-0.4, -0.2) is 17.6 Å². The summed E-state index contributed by atoms with van der Waals surface area (Å²) in [5.41, 5.74) is 0.476. The molecule has 1 aromatic heterocycles. The summed E-state index contributed by atoms with van der Waals surface area (Å²) in [7, 11) is 0. The van der Waals surface area contributed by atoms with E-state index in [2.05, 4.69) is 4.98 Å². The zero-order valence-electron chi connectivity index (χ0n) is 11.3. The molecule has 0 aromatic carbocycles. The fraction of sp³-hybridized carbons (Fsp3) is 0.0588. The molecule has 0 bridgehead atoms. The van der Waals surface area contributed by atoms with Crippen LogP contribution in [0.3, 0.4) is 0 Å².